The molecule has 0 aromatic heterocycles. The number of hydrogen-bond acceptors (Lipinski definition) is 5. The topological polar surface area (TPSA) is 142 Å². The van der Waals surface area contributed by atoms with Crippen LogP contribution in [0.25, 0.3) is 0 Å². The van der Waals surface area contributed by atoms with Gasteiger partial charge in [-0.25, -0.2) is 0 Å². The second-order valence-corrected chi connectivity index (χ2v) is 4.61. The zero-order chi connectivity index (χ0) is 15.2. The normalized spacial score (nSPS) is 15.5. The second kappa shape index (κ2) is 7.70. The van der Waals surface area contributed by atoms with Crippen LogP contribution in [0, 0.1) is 5.92 Å². The third-order valence-electron chi connectivity index (χ3n) is 2.48. The molecule has 8 nitrogen and oxygen atoms in total. The average Bonchev–Trinajstić information content (AvgIpc) is 2.30. The second-order valence-electron chi connectivity index (χ2n) is 4.61. The van der Waals surface area contributed by atoms with Crippen molar-refractivity contribution >= 4 is 17.8 Å². The van der Waals surface area contributed by atoms with Crippen molar-refractivity contribution in [3.8, 4) is 0 Å². The highest BCUT2D eigenvalue weighted by Gasteiger charge is 2.28. The van der Waals surface area contributed by atoms with Crippen LogP contribution in [0.4, 0.5) is 0 Å². The van der Waals surface area contributed by atoms with Crippen molar-refractivity contribution in [2.75, 3.05) is 6.54 Å². The van der Waals surface area contributed by atoms with E-state index in [1.54, 1.807) is 13.8 Å². The molecule has 0 fully saturated rings. The maximum Gasteiger partial charge on any atom is 0.322 e. The number of nitrogens with two attached hydrogens (primary N) is 1. The largest absolute Gasteiger partial charge is 0.480 e. The Morgan fingerprint density at radius 1 is 1.16 bits per heavy atom. The molecule has 0 unspecified atom stereocenters. The Balaban J connectivity index is 4.61. The summed E-state index contributed by atoms with van der Waals surface area (Å²) in [5.74, 6) is -2.70. The number of aliphatic hydroxyl groups is 1. The van der Waals surface area contributed by atoms with E-state index in [-0.39, 0.29) is 5.92 Å². The van der Waals surface area contributed by atoms with Crippen LogP contribution in [0.3, 0.4) is 0 Å². The molecule has 0 rings (SSSR count). The predicted octanol–water partition coefficient (Wildman–Crippen LogP) is -1.96. The van der Waals surface area contributed by atoms with Crippen molar-refractivity contribution in [2.45, 2.75) is 39.0 Å². The van der Waals surface area contributed by atoms with E-state index < -0.39 is 42.5 Å². The molecule has 0 radical (unpaired) electrons. The van der Waals surface area contributed by atoms with Gasteiger partial charge in [0.2, 0.25) is 11.8 Å². The summed E-state index contributed by atoms with van der Waals surface area (Å²) < 4.78 is 0. The lowest BCUT2D eigenvalue weighted by molar-refractivity contribution is -0.138. The van der Waals surface area contributed by atoms with Gasteiger partial charge in [-0.3, -0.25) is 14.4 Å². The molecule has 0 spiro atoms. The Bertz CT molecular complexity index is 343. The molecular weight excluding hydrogens is 254 g/mol. The smallest absolute Gasteiger partial charge is 0.322 e. The Morgan fingerprint density at radius 3 is 2.05 bits per heavy atom. The zero-order valence-corrected chi connectivity index (χ0v) is 11.2. The summed E-state index contributed by atoms with van der Waals surface area (Å²) in [6, 6.07) is -2.05. The molecule has 0 saturated heterocycles. The Hall–Kier alpha value is -1.67. The fraction of sp³-hybridized carbons (Fsp3) is 0.727. The molecule has 0 aliphatic carbocycles. The maximum absolute atomic E-state index is 11.7. The molecule has 0 heterocycles. The van der Waals surface area contributed by atoms with E-state index in [4.69, 9.17) is 10.8 Å². The minimum absolute atomic E-state index is 0.251. The monoisotopic (exact) mass is 275 g/mol. The van der Waals surface area contributed by atoms with E-state index in [1.165, 1.54) is 6.92 Å². The molecule has 0 aromatic rings. The SMILES string of the molecule is CC(C)[C@H](NC(=O)[C@@H](N)[C@@H](C)O)C(=O)NCC(=O)O. The van der Waals surface area contributed by atoms with Gasteiger partial charge in [-0.15, -0.1) is 0 Å². The van der Waals surface area contributed by atoms with Crippen LogP contribution >= 0.6 is 0 Å². The number of carbonyl (C=O) groups is 3. The molecule has 6 N–H and O–H groups in total. The molecule has 2 amide bonds. The number of carbonyl (C=O) groups excluding carboxylic acids is 2. The number of aliphatic carboxylic acids is 1. The number of hydrogen-bond donors (Lipinski definition) is 5. The molecular formula is C11H21N3O5. The van der Waals surface area contributed by atoms with Crippen molar-refractivity contribution in [3.63, 3.8) is 0 Å². The van der Waals surface area contributed by atoms with Crippen LogP contribution in [0.5, 0.6) is 0 Å². The van der Waals surface area contributed by atoms with E-state index in [1.807, 2.05) is 0 Å². The summed E-state index contributed by atoms with van der Waals surface area (Å²) in [4.78, 5) is 33.7. The first-order chi connectivity index (χ1) is 8.66. The highest BCUT2D eigenvalue weighted by Crippen LogP contribution is 2.03. The average molecular weight is 275 g/mol. The van der Waals surface area contributed by atoms with Crippen molar-refractivity contribution in [3.05, 3.63) is 0 Å². The summed E-state index contributed by atoms with van der Waals surface area (Å²) in [5.41, 5.74) is 5.44. The first kappa shape index (κ1) is 17.3. The van der Waals surface area contributed by atoms with Crippen molar-refractivity contribution in [1.82, 2.24) is 10.6 Å². The van der Waals surface area contributed by atoms with Crippen LogP contribution in [0.1, 0.15) is 20.8 Å². The van der Waals surface area contributed by atoms with Crippen LogP contribution in [-0.4, -0.2) is 52.7 Å². The van der Waals surface area contributed by atoms with Gasteiger partial charge in [0.1, 0.15) is 18.6 Å². The summed E-state index contributed by atoms with van der Waals surface area (Å²) >= 11 is 0. The first-order valence-corrected chi connectivity index (χ1v) is 5.90. The Kier molecular flexibility index (Phi) is 7.02. The number of carboxylic acid groups (broad SMARTS) is 1. The third-order valence-corrected chi connectivity index (χ3v) is 2.48. The van der Waals surface area contributed by atoms with Gasteiger partial charge in [-0.2, -0.15) is 0 Å². The van der Waals surface area contributed by atoms with E-state index in [0.717, 1.165) is 0 Å². The Morgan fingerprint density at radius 2 is 1.68 bits per heavy atom. The van der Waals surface area contributed by atoms with E-state index in [9.17, 15) is 19.5 Å². The lowest BCUT2D eigenvalue weighted by atomic mass is 10.0. The number of carboxylic acids is 1. The van der Waals surface area contributed by atoms with Gasteiger partial charge in [0.25, 0.3) is 0 Å². The fourth-order valence-electron chi connectivity index (χ4n) is 1.28. The molecule has 8 heteroatoms. The molecule has 0 saturated carbocycles. The fourth-order valence-corrected chi connectivity index (χ4v) is 1.28. The third kappa shape index (κ3) is 6.16. The first-order valence-electron chi connectivity index (χ1n) is 5.90. The molecule has 0 aliphatic heterocycles. The standard InChI is InChI=1S/C11H21N3O5/c1-5(2)9(11(19)13-4-7(16)17)14-10(18)8(12)6(3)15/h5-6,8-9,15H,4,12H2,1-3H3,(H,13,19)(H,14,18)(H,16,17)/t6-,8+,9+/m1/s1. The van der Waals surface area contributed by atoms with Crippen LogP contribution in [0.2, 0.25) is 0 Å². The van der Waals surface area contributed by atoms with E-state index >= 15 is 0 Å². The number of aliphatic hydroxyl groups excluding tert-OH is 1. The summed E-state index contributed by atoms with van der Waals surface area (Å²) in [6.07, 6.45) is -1.05. The maximum atomic E-state index is 11.7. The van der Waals surface area contributed by atoms with Gasteiger partial charge >= 0.3 is 5.97 Å². The minimum Gasteiger partial charge on any atom is -0.480 e. The van der Waals surface area contributed by atoms with Crippen molar-refractivity contribution in [2.24, 2.45) is 11.7 Å². The number of amides is 2. The van der Waals surface area contributed by atoms with Gasteiger partial charge < -0.3 is 26.6 Å². The highest BCUT2D eigenvalue weighted by molar-refractivity contribution is 5.91. The van der Waals surface area contributed by atoms with E-state index in [0.29, 0.717) is 0 Å². The molecule has 3 atom stereocenters. The summed E-state index contributed by atoms with van der Waals surface area (Å²) in [5, 5.41) is 22.2. The van der Waals surface area contributed by atoms with Crippen molar-refractivity contribution in [1.29, 1.82) is 0 Å². The van der Waals surface area contributed by atoms with Crippen LogP contribution < -0.4 is 16.4 Å². The van der Waals surface area contributed by atoms with Crippen LogP contribution in [0.15, 0.2) is 0 Å². The highest BCUT2D eigenvalue weighted by atomic mass is 16.4. The van der Waals surface area contributed by atoms with Crippen molar-refractivity contribution < 1.29 is 24.6 Å². The number of rotatable bonds is 7. The zero-order valence-electron chi connectivity index (χ0n) is 11.2. The molecule has 0 aliphatic rings. The molecule has 19 heavy (non-hydrogen) atoms. The predicted molar refractivity (Wildman–Crippen MR) is 67.1 cm³/mol. The van der Waals surface area contributed by atoms with Gasteiger partial charge in [0.05, 0.1) is 6.10 Å². The lowest BCUT2D eigenvalue weighted by Gasteiger charge is -2.24. The summed E-state index contributed by atoms with van der Waals surface area (Å²) in [7, 11) is 0. The Labute approximate surface area is 111 Å². The molecule has 110 valence electrons. The molecule has 0 bridgehead atoms. The van der Waals surface area contributed by atoms with Crippen LogP contribution in [-0.2, 0) is 14.4 Å². The summed E-state index contributed by atoms with van der Waals surface area (Å²) in [6.45, 7) is 4.22. The van der Waals surface area contributed by atoms with Gasteiger partial charge in [0.15, 0.2) is 0 Å². The molecule has 0 aromatic carbocycles. The minimum atomic E-state index is -1.18. The van der Waals surface area contributed by atoms with Gasteiger partial charge in [-0.1, -0.05) is 13.8 Å². The number of nitrogens with one attached hydrogen (secondary N) is 2. The van der Waals surface area contributed by atoms with Gasteiger partial charge in [-0.05, 0) is 12.8 Å². The lowest BCUT2D eigenvalue weighted by Crippen LogP contribution is -2.56. The van der Waals surface area contributed by atoms with E-state index in [2.05, 4.69) is 10.6 Å². The van der Waals surface area contributed by atoms with Gasteiger partial charge in [0, 0.05) is 0 Å². The quantitative estimate of drug-likeness (QED) is 0.365.